The fraction of sp³-hybridized carbons (Fsp3) is 0.667. The Morgan fingerprint density at radius 1 is 0.516 bits per heavy atom. The van der Waals surface area contributed by atoms with Gasteiger partial charge in [-0.05, 0) is 32.1 Å². The molecule has 31 nitrogen and oxygen atoms in total. The number of allylic oxidation sites excluding steroid dienone is 2. The molecular weight excluding hydrogens is 1220 g/mol. The first kappa shape index (κ1) is 73.7. The highest BCUT2D eigenvalue weighted by molar-refractivity contribution is 5.91. The third kappa shape index (κ3) is 19.8. The van der Waals surface area contributed by atoms with Crippen molar-refractivity contribution in [2.24, 2.45) is 35.5 Å². The molecule has 3 fully saturated rings. The van der Waals surface area contributed by atoms with Crippen molar-refractivity contribution < 1.29 is 148 Å². The molecular formula is C60H80O31. The van der Waals surface area contributed by atoms with Crippen LogP contribution in [0.3, 0.4) is 0 Å². The van der Waals surface area contributed by atoms with E-state index in [1.54, 1.807) is 6.92 Å². The molecule has 0 aromatic carbocycles. The summed E-state index contributed by atoms with van der Waals surface area (Å²) in [6.07, 6.45) is -15.9. The van der Waals surface area contributed by atoms with Gasteiger partial charge < -0.3 is 90.4 Å². The molecule has 31 heteroatoms. The third-order valence-corrected chi connectivity index (χ3v) is 15.3. The largest absolute Gasteiger partial charge is 0.468 e. The zero-order chi connectivity index (χ0) is 67.7. The normalized spacial score (nSPS) is 31.4. The lowest BCUT2D eigenvalue weighted by molar-refractivity contribution is -0.331. The van der Waals surface area contributed by atoms with E-state index in [2.05, 4.69) is 0 Å². The van der Waals surface area contributed by atoms with Gasteiger partial charge in [-0.2, -0.15) is 0 Å². The first-order valence-corrected chi connectivity index (χ1v) is 29.0. The maximum absolute atomic E-state index is 14.4. The summed E-state index contributed by atoms with van der Waals surface area (Å²) in [6.45, 7) is 13.3. The van der Waals surface area contributed by atoms with E-state index in [0.717, 1.165) is 82.1 Å². The second-order valence-electron chi connectivity index (χ2n) is 21.9. The molecule has 0 unspecified atom stereocenters. The topological polar surface area (TPSA) is 391 Å². The molecule has 0 bridgehead atoms. The number of aliphatic hydroxyl groups excluding tert-OH is 1. The Kier molecular flexibility index (Phi) is 27.5. The van der Waals surface area contributed by atoms with Crippen LogP contribution >= 0.6 is 0 Å². The van der Waals surface area contributed by atoms with Crippen molar-refractivity contribution in [3.63, 3.8) is 0 Å². The molecule has 0 aromatic heterocycles. The summed E-state index contributed by atoms with van der Waals surface area (Å²) < 4.78 is 102. The lowest BCUT2D eigenvalue weighted by Crippen LogP contribution is -2.63. The molecule has 506 valence electrons. The van der Waals surface area contributed by atoms with Gasteiger partial charge in [-0.1, -0.05) is 26.0 Å². The van der Waals surface area contributed by atoms with Crippen molar-refractivity contribution in [3.8, 4) is 0 Å². The molecule has 91 heavy (non-hydrogen) atoms. The van der Waals surface area contributed by atoms with Gasteiger partial charge in [0.05, 0.1) is 57.3 Å². The summed E-state index contributed by atoms with van der Waals surface area (Å²) in [5, 5.41) is 10.6. The minimum absolute atomic E-state index is 0.118. The minimum atomic E-state index is -1.75. The number of aliphatic hydroxyl groups is 1. The predicted octanol–water partition coefficient (Wildman–Crippen LogP) is 2.27. The summed E-state index contributed by atoms with van der Waals surface area (Å²) in [6, 6.07) is 0. The summed E-state index contributed by atoms with van der Waals surface area (Å²) in [5.41, 5.74) is -0.0773. The fourth-order valence-corrected chi connectivity index (χ4v) is 11.6. The minimum Gasteiger partial charge on any atom is -0.468 e. The Labute approximate surface area is 523 Å². The molecule has 19 atom stereocenters. The van der Waals surface area contributed by atoms with Crippen molar-refractivity contribution in [2.45, 2.75) is 182 Å². The van der Waals surface area contributed by atoms with Gasteiger partial charge in [0.15, 0.2) is 36.6 Å². The molecule has 5 rings (SSSR count). The molecule has 0 radical (unpaired) electrons. The maximum Gasteiger partial charge on any atom is 0.337 e. The summed E-state index contributed by atoms with van der Waals surface area (Å²) in [5.74, 6) is -14.9. The Morgan fingerprint density at radius 2 is 0.890 bits per heavy atom. The second kappa shape index (κ2) is 33.9. The van der Waals surface area contributed by atoms with Crippen molar-refractivity contribution >= 4 is 71.6 Å². The van der Waals surface area contributed by atoms with Gasteiger partial charge in [-0.25, -0.2) is 9.59 Å². The van der Waals surface area contributed by atoms with Crippen LogP contribution in [0.15, 0.2) is 47.0 Å². The molecule has 4 aliphatic heterocycles. The van der Waals surface area contributed by atoms with E-state index < -0.39 is 214 Å². The van der Waals surface area contributed by atoms with E-state index in [9.17, 15) is 62.6 Å². The van der Waals surface area contributed by atoms with Crippen molar-refractivity contribution in [1.82, 2.24) is 0 Å². The first-order valence-electron chi connectivity index (χ1n) is 29.0. The van der Waals surface area contributed by atoms with Gasteiger partial charge in [-0.3, -0.25) is 47.9 Å². The highest BCUT2D eigenvalue weighted by Crippen LogP contribution is 2.45. The molecule has 2 saturated heterocycles. The van der Waals surface area contributed by atoms with Gasteiger partial charge >= 0.3 is 71.6 Å². The Morgan fingerprint density at radius 3 is 1.24 bits per heavy atom. The molecule has 1 N–H and O–H groups in total. The summed E-state index contributed by atoms with van der Waals surface area (Å²) in [7, 11) is 2.20. The van der Waals surface area contributed by atoms with E-state index in [-0.39, 0.29) is 41.2 Å². The van der Waals surface area contributed by atoms with E-state index in [4.69, 9.17) is 85.3 Å². The van der Waals surface area contributed by atoms with Crippen LogP contribution in [0.1, 0.15) is 102 Å². The van der Waals surface area contributed by atoms with Crippen LogP contribution in [0, 0.1) is 35.5 Å². The average Bonchev–Trinajstić information content (AvgIpc) is 1.80. The smallest absolute Gasteiger partial charge is 0.337 e. The van der Waals surface area contributed by atoms with Crippen LogP contribution in [0.5, 0.6) is 0 Å². The molecule has 1 saturated carbocycles. The highest BCUT2D eigenvalue weighted by atomic mass is 16.8. The first-order chi connectivity index (χ1) is 43.0. The maximum atomic E-state index is 14.4. The lowest BCUT2D eigenvalue weighted by atomic mass is 9.82. The molecule has 1 aliphatic carbocycles. The van der Waals surface area contributed by atoms with Gasteiger partial charge in [0.1, 0.15) is 31.5 Å². The average molecular weight is 1300 g/mol. The monoisotopic (exact) mass is 1300 g/mol. The second-order valence-corrected chi connectivity index (χ2v) is 21.9. The summed E-state index contributed by atoms with van der Waals surface area (Å²) in [4.78, 5) is 154. The van der Waals surface area contributed by atoms with Crippen molar-refractivity contribution in [1.29, 1.82) is 0 Å². The van der Waals surface area contributed by atoms with Gasteiger partial charge in [0.2, 0.25) is 25.2 Å². The quantitative estimate of drug-likeness (QED) is 0.0778. The SMILES string of the molecule is C/C=C1/[C@H](O[C@@H]2O[C@H](COC(C)=O)[C@@H](OC(C)=O)[C@H](OC(C)=O)[C@H]2OC(C)=O)OC=C(C(=O)OC)[C@H]1CC(=O)OC[C@H]1[C@H]([C@@H](C)CO)[C@@H](OC(=O)C[C@@H]2C(C(=O)OC)=CO[C@@H](O[C@@H]3O[C@H](COC(C)=O)[C@@H](OC(C)=O)[C@H](OC(C)=O)[C@H]3OC(C)=O)/C2=C/C)C[C@@H]1C. The number of ether oxygens (including phenoxy) is 18. The third-order valence-electron chi connectivity index (χ3n) is 15.3. The summed E-state index contributed by atoms with van der Waals surface area (Å²) >= 11 is 0. The predicted molar refractivity (Wildman–Crippen MR) is 298 cm³/mol. The number of esters is 12. The van der Waals surface area contributed by atoms with Crippen LogP contribution < -0.4 is 0 Å². The number of carbonyl (C=O) groups excluding carboxylic acids is 12. The van der Waals surface area contributed by atoms with Crippen LogP contribution in [0.2, 0.25) is 0 Å². The van der Waals surface area contributed by atoms with Gasteiger partial charge in [-0.15, -0.1) is 0 Å². The fourth-order valence-electron chi connectivity index (χ4n) is 11.6. The van der Waals surface area contributed by atoms with E-state index >= 15 is 0 Å². The van der Waals surface area contributed by atoms with Crippen molar-refractivity contribution in [2.75, 3.05) is 40.6 Å². The van der Waals surface area contributed by atoms with Gasteiger partial charge in [0, 0.05) is 96.8 Å². The zero-order valence-corrected chi connectivity index (χ0v) is 52.9. The van der Waals surface area contributed by atoms with E-state index in [1.165, 1.54) is 26.0 Å². The van der Waals surface area contributed by atoms with E-state index in [1.807, 2.05) is 6.92 Å². The van der Waals surface area contributed by atoms with Crippen LogP contribution in [-0.2, 0) is 143 Å². The van der Waals surface area contributed by atoms with E-state index in [0.29, 0.717) is 0 Å². The zero-order valence-electron chi connectivity index (χ0n) is 52.9. The van der Waals surface area contributed by atoms with Gasteiger partial charge in [0.25, 0.3) is 0 Å². The van der Waals surface area contributed by atoms with Crippen LogP contribution in [0.25, 0.3) is 0 Å². The Hall–Kier alpha value is -8.00. The molecule has 4 heterocycles. The van der Waals surface area contributed by atoms with Crippen molar-refractivity contribution in [3.05, 3.63) is 47.0 Å². The lowest BCUT2D eigenvalue weighted by Gasteiger charge is -2.45. The number of carbonyl (C=O) groups is 12. The van der Waals surface area contributed by atoms with Crippen LogP contribution in [0.4, 0.5) is 0 Å². The molecule has 0 spiro atoms. The van der Waals surface area contributed by atoms with Crippen LogP contribution in [-0.4, -0.2) is 197 Å². The molecule has 5 aliphatic rings. The Balaban J connectivity index is 1.37. The molecule has 0 aromatic rings. The molecule has 0 amide bonds. The highest BCUT2D eigenvalue weighted by Gasteiger charge is 2.57. The number of rotatable bonds is 25. The number of hydrogen-bond donors (Lipinski definition) is 1. The number of methoxy groups -OCH3 is 2. The number of hydrogen-bond acceptors (Lipinski definition) is 31. The standard InChI is InChI=1S/C60H80O31/c1-15-36-38(41(55(72)74-13)22-79-57(36)90-59-53(85-34(11)68)51(83-32(9)66)49(81-30(7)64)44(88-59)24-76-28(5)62)18-46(70)78-21-40-26(3)17-43(48(40)27(4)20-61)87-47(71)19-39-37(16-2)58(80-23-42(39)56(73)75-14)91-60-54(86-35(12)69)52(84-33(10)67)50(82-31(8)65)45(89-60)25-77-29(6)63/h15-16,22-23,26-27,38-40,43-45,48-54,57-61H,17-21,24-25H2,1-14H3/b36-15+,37-16+/t26-,27-,38-,39-,40+,43-,44+,45+,48-,49+,50+,51-,52-,53+,54+,57-,58-,59-,60-/m0/s1. The Bertz CT molecular complexity index is 2820.